The SMILES string of the molecule is COc1ccc([Se]CCN)cc1OC. The Morgan fingerprint density at radius 1 is 1.21 bits per heavy atom. The first-order valence-corrected chi connectivity index (χ1v) is 6.43. The van der Waals surface area contributed by atoms with Crippen LogP contribution in [0.5, 0.6) is 11.5 Å². The summed E-state index contributed by atoms with van der Waals surface area (Å²) in [5.41, 5.74) is 5.46. The molecule has 0 spiro atoms. The summed E-state index contributed by atoms with van der Waals surface area (Å²) in [7, 11) is 3.29. The predicted octanol–water partition coefficient (Wildman–Crippen LogP) is 0.410. The minimum atomic E-state index is 0.439. The predicted molar refractivity (Wildman–Crippen MR) is 58.8 cm³/mol. The van der Waals surface area contributed by atoms with Gasteiger partial charge in [-0.15, -0.1) is 0 Å². The number of hydrogen-bond donors (Lipinski definition) is 1. The molecule has 0 aliphatic heterocycles. The first-order valence-electron chi connectivity index (χ1n) is 4.36. The summed E-state index contributed by atoms with van der Waals surface area (Å²) in [5, 5.41) is 1.06. The molecule has 0 saturated heterocycles. The van der Waals surface area contributed by atoms with Crippen LogP contribution in [-0.4, -0.2) is 35.7 Å². The Kier molecular flexibility index (Phi) is 4.80. The van der Waals surface area contributed by atoms with Crippen LogP contribution in [0.3, 0.4) is 0 Å². The Morgan fingerprint density at radius 3 is 2.50 bits per heavy atom. The van der Waals surface area contributed by atoms with Crippen LogP contribution in [0.4, 0.5) is 0 Å². The maximum atomic E-state index is 5.46. The third-order valence-electron chi connectivity index (χ3n) is 1.74. The molecule has 0 amide bonds. The van der Waals surface area contributed by atoms with Gasteiger partial charge in [0, 0.05) is 0 Å². The van der Waals surface area contributed by atoms with Crippen molar-refractivity contribution in [2.45, 2.75) is 5.32 Å². The molecular weight excluding hydrogens is 245 g/mol. The molecule has 0 fully saturated rings. The van der Waals surface area contributed by atoms with Crippen LogP contribution in [0.1, 0.15) is 0 Å². The van der Waals surface area contributed by atoms with E-state index < -0.39 is 0 Å². The Balaban J connectivity index is 2.79. The van der Waals surface area contributed by atoms with Gasteiger partial charge in [0.1, 0.15) is 0 Å². The van der Waals surface area contributed by atoms with Gasteiger partial charge in [0.2, 0.25) is 0 Å². The number of ether oxygens (including phenoxy) is 2. The van der Waals surface area contributed by atoms with Gasteiger partial charge in [0.25, 0.3) is 0 Å². The molecule has 0 aliphatic rings. The summed E-state index contributed by atoms with van der Waals surface area (Å²) in [6, 6.07) is 6.03. The van der Waals surface area contributed by atoms with Gasteiger partial charge in [-0.1, -0.05) is 0 Å². The average Bonchev–Trinajstić information content (AvgIpc) is 2.25. The van der Waals surface area contributed by atoms with E-state index >= 15 is 0 Å². The summed E-state index contributed by atoms with van der Waals surface area (Å²) in [5.74, 6) is 1.57. The molecule has 3 nitrogen and oxygen atoms in total. The van der Waals surface area contributed by atoms with Gasteiger partial charge < -0.3 is 0 Å². The van der Waals surface area contributed by atoms with Crippen LogP contribution in [-0.2, 0) is 0 Å². The molecular formula is C10H15NO2Se. The molecule has 14 heavy (non-hydrogen) atoms. The van der Waals surface area contributed by atoms with E-state index in [1.807, 2.05) is 12.1 Å². The van der Waals surface area contributed by atoms with Crippen molar-refractivity contribution in [3.8, 4) is 11.5 Å². The molecule has 0 aromatic heterocycles. The van der Waals surface area contributed by atoms with Gasteiger partial charge in [-0.2, -0.15) is 0 Å². The molecule has 4 heteroatoms. The van der Waals surface area contributed by atoms with Gasteiger partial charge in [-0.05, 0) is 0 Å². The fourth-order valence-corrected chi connectivity index (χ4v) is 2.57. The van der Waals surface area contributed by atoms with Gasteiger partial charge >= 0.3 is 90.4 Å². The third-order valence-corrected chi connectivity index (χ3v) is 3.90. The van der Waals surface area contributed by atoms with Gasteiger partial charge in [-0.3, -0.25) is 0 Å². The Bertz CT molecular complexity index is 291. The topological polar surface area (TPSA) is 44.5 Å². The zero-order chi connectivity index (χ0) is 10.4. The van der Waals surface area contributed by atoms with E-state index in [1.54, 1.807) is 14.2 Å². The first kappa shape index (κ1) is 11.4. The Hall–Kier alpha value is -0.701. The van der Waals surface area contributed by atoms with E-state index in [2.05, 4.69) is 6.07 Å². The molecule has 78 valence electrons. The Labute approximate surface area is 90.7 Å². The molecule has 2 N–H and O–H groups in total. The molecule has 1 rings (SSSR count). The van der Waals surface area contributed by atoms with Crippen molar-refractivity contribution in [2.75, 3.05) is 20.8 Å². The molecule has 0 atom stereocenters. The molecule has 0 heterocycles. The second kappa shape index (κ2) is 5.91. The number of hydrogen-bond acceptors (Lipinski definition) is 3. The molecule has 0 saturated carbocycles. The van der Waals surface area contributed by atoms with Crippen LogP contribution in [0.2, 0.25) is 5.32 Å². The molecule has 0 radical (unpaired) electrons. The zero-order valence-corrected chi connectivity index (χ0v) is 10.2. The third kappa shape index (κ3) is 2.91. The van der Waals surface area contributed by atoms with Crippen LogP contribution in [0.15, 0.2) is 18.2 Å². The van der Waals surface area contributed by atoms with Crippen LogP contribution in [0.25, 0.3) is 0 Å². The van der Waals surface area contributed by atoms with E-state index in [0.29, 0.717) is 15.0 Å². The monoisotopic (exact) mass is 261 g/mol. The normalized spacial score (nSPS) is 9.93. The van der Waals surface area contributed by atoms with E-state index in [-0.39, 0.29) is 0 Å². The van der Waals surface area contributed by atoms with Crippen LogP contribution >= 0.6 is 0 Å². The summed E-state index contributed by atoms with van der Waals surface area (Å²) >= 11 is 0.439. The molecule has 0 unspecified atom stereocenters. The summed E-state index contributed by atoms with van der Waals surface area (Å²) in [6.07, 6.45) is 0. The second-order valence-electron chi connectivity index (χ2n) is 2.65. The van der Waals surface area contributed by atoms with Gasteiger partial charge in [0.15, 0.2) is 0 Å². The molecule has 1 aromatic rings. The van der Waals surface area contributed by atoms with E-state index in [1.165, 1.54) is 4.46 Å². The van der Waals surface area contributed by atoms with Crippen molar-refractivity contribution in [1.29, 1.82) is 0 Å². The first-order chi connectivity index (χ1) is 6.81. The van der Waals surface area contributed by atoms with Crippen molar-refractivity contribution in [2.24, 2.45) is 5.73 Å². The number of benzene rings is 1. The fraction of sp³-hybridized carbons (Fsp3) is 0.400. The van der Waals surface area contributed by atoms with Crippen molar-refractivity contribution in [3.05, 3.63) is 18.2 Å². The van der Waals surface area contributed by atoms with Crippen molar-refractivity contribution >= 4 is 19.4 Å². The fourth-order valence-electron chi connectivity index (χ4n) is 1.08. The summed E-state index contributed by atoms with van der Waals surface area (Å²) in [4.78, 5) is 0. The number of nitrogens with two attached hydrogens (primary N) is 1. The van der Waals surface area contributed by atoms with Crippen LogP contribution in [0, 0.1) is 0 Å². The molecule has 0 aliphatic carbocycles. The summed E-state index contributed by atoms with van der Waals surface area (Å²) < 4.78 is 11.7. The molecule has 1 aromatic carbocycles. The van der Waals surface area contributed by atoms with E-state index in [0.717, 1.165) is 23.4 Å². The molecule has 0 bridgehead atoms. The number of methoxy groups -OCH3 is 2. The van der Waals surface area contributed by atoms with Crippen molar-refractivity contribution < 1.29 is 9.47 Å². The Morgan fingerprint density at radius 2 is 1.93 bits per heavy atom. The van der Waals surface area contributed by atoms with E-state index in [9.17, 15) is 0 Å². The quantitative estimate of drug-likeness (QED) is 0.780. The average molecular weight is 260 g/mol. The van der Waals surface area contributed by atoms with Crippen molar-refractivity contribution in [1.82, 2.24) is 0 Å². The maximum absolute atomic E-state index is 5.46. The van der Waals surface area contributed by atoms with Gasteiger partial charge in [0.05, 0.1) is 0 Å². The standard InChI is InChI=1S/C10H15NO2Se/c1-12-9-4-3-8(14-6-5-11)7-10(9)13-2/h3-4,7H,5-6,11H2,1-2H3. The van der Waals surface area contributed by atoms with Gasteiger partial charge in [-0.25, -0.2) is 0 Å². The minimum absolute atomic E-state index is 0.439. The van der Waals surface area contributed by atoms with Crippen LogP contribution < -0.4 is 19.7 Å². The summed E-state index contributed by atoms with van der Waals surface area (Å²) in [6.45, 7) is 0.744. The second-order valence-corrected chi connectivity index (χ2v) is 5.11. The van der Waals surface area contributed by atoms with E-state index in [4.69, 9.17) is 15.2 Å². The zero-order valence-electron chi connectivity index (χ0n) is 8.45. The number of rotatable bonds is 5. The van der Waals surface area contributed by atoms with Crippen molar-refractivity contribution in [3.63, 3.8) is 0 Å².